The van der Waals surface area contributed by atoms with E-state index in [0.29, 0.717) is 30.9 Å². The van der Waals surface area contributed by atoms with Crippen LogP contribution in [0.3, 0.4) is 0 Å². The van der Waals surface area contributed by atoms with Crippen molar-refractivity contribution in [3.05, 3.63) is 17.8 Å². The summed E-state index contributed by atoms with van der Waals surface area (Å²) >= 11 is 0. The number of carbonyl (C=O) groups is 1. The van der Waals surface area contributed by atoms with Crippen LogP contribution in [0, 0.1) is 17.8 Å². The molecule has 168 valence electrons. The number of alkyl halides is 1. The van der Waals surface area contributed by atoms with Gasteiger partial charge < -0.3 is 29.5 Å². The SMILES string of the molecule is COC1CN(c2ccc(C(=O)N[C@H](CO)C(C)C)nc2OC[C@@H]2C[C@@H]2COCF)C1. The molecule has 1 saturated carbocycles. The second-order valence-corrected chi connectivity index (χ2v) is 8.34. The Morgan fingerprint density at radius 1 is 1.33 bits per heavy atom. The molecule has 0 bridgehead atoms. The van der Waals surface area contributed by atoms with Crippen LogP contribution in [0.1, 0.15) is 30.8 Å². The number of nitrogens with zero attached hydrogens (tertiary/aromatic N) is 2. The van der Waals surface area contributed by atoms with Crippen molar-refractivity contribution in [2.75, 3.05) is 51.8 Å². The molecule has 30 heavy (non-hydrogen) atoms. The predicted molar refractivity (Wildman–Crippen MR) is 109 cm³/mol. The lowest BCUT2D eigenvalue weighted by Crippen LogP contribution is -2.52. The first-order valence-corrected chi connectivity index (χ1v) is 10.4. The third kappa shape index (κ3) is 5.59. The van der Waals surface area contributed by atoms with Gasteiger partial charge in [0.1, 0.15) is 11.4 Å². The predicted octanol–water partition coefficient (Wildman–Crippen LogP) is 1.62. The molecular formula is C21H32FN3O5. The Morgan fingerprint density at radius 2 is 2.07 bits per heavy atom. The highest BCUT2D eigenvalue weighted by atomic mass is 19.1. The number of hydrogen-bond acceptors (Lipinski definition) is 7. The van der Waals surface area contributed by atoms with Crippen LogP contribution in [-0.4, -0.2) is 75.0 Å². The number of amides is 1. The zero-order chi connectivity index (χ0) is 21.7. The van der Waals surface area contributed by atoms with Gasteiger partial charge in [0.05, 0.1) is 32.0 Å². The summed E-state index contributed by atoms with van der Waals surface area (Å²) in [5, 5.41) is 12.3. The average Bonchev–Trinajstić information content (AvgIpc) is 3.46. The van der Waals surface area contributed by atoms with E-state index >= 15 is 0 Å². The summed E-state index contributed by atoms with van der Waals surface area (Å²) in [6.07, 6.45) is 1.10. The highest BCUT2D eigenvalue weighted by molar-refractivity contribution is 5.93. The van der Waals surface area contributed by atoms with Crippen LogP contribution >= 0.6 is 0 Å². The molecule has 8 nitrogen and oxygen atoms in total. The number of rotatable bonds is 12. The number of hydrogen-bond donors (Lipinski definition) is 2. The number of aliphatic hydroxyl groups excluding tert-OH is 1. The molecule has 0 unspecified atom stereocenters. The number of pyridine rings is 1. The van der Waals surface area contributed by atoms with E-state index in [4.69, 9.17) is 14.2 Å². The number of carbonyl (C=O) groups excluding carboxylic acids is 1. The largest absolute Gasteiger partial charge is 0.476 e. The standard InChI is InChI=1S/C21H32FN3O5/c1-13(2)18(9-26)23-20(27)17-4-5-19(25-7-16(8-25)28-3)21(24-17)30-11-15-6-14(15)10-29-12-22/h4-5,13-16,18,26H,6-12H2,1-3H3,(H,23,27)/t14-,15+,18-/m1/s1. The summed E-state index contributed by atoms with van der Waals surface area (Å²) < 4.78 is 28.3. The molecular weight excluding hydrogens is 393 g/mol. The summed E-state index contributed by atoms with van der Waals surface area (Å²) in [6, 6.07) is 3.16. The van der Waals surface area contributed by atoms with Crippen LogP contribution in [0.4, 0.5) is 10.1 Å². The van der Waals surface area contributed by atoms with Crippen molar-refractivity contribution < 1.29 is 28.5 Å². The van der Waals surface area contributed by atoms with E-state index in [2.05, 4.69) is 15.2 Å². The third-order valence-corrected chi connectivity index (χ3v) is 5.83. The van der Waals surface area contributed by atoms with Crippen LogP contribution in [0.2, 0.25) is 0 Å². The lowest BCUT2D eigenvalue weighted by atomic mass is 10.1. The number of ether oxygens (including phenoxy) is 3. The van der Waals surface area contributed by atoms with Gasteiger partial charge in [0.15, 0.2) is 6.86 Å². The number of methoxy groups -OCH3 is 1. The van der Waals surface area contributed by atoms with Crippen molar-refractivity contribution in [3.63, 3.8) is 0 Å². The maximum absolute atomic E-state index is 12.6. The van der Waals surface area contributed by atoms with Gasteiger partial charge in [0.2, 0.25) is 5.88 Å². The van der Waals surface area contributed by atoms with Gasteiger partial charge in [-0.05, 0) is 36.3 Å². The summed E-state index contributed by atoms with van der Waals surface area (Å²) in [5.41, 5.74) is 1.06. The molecule has 1 amide bonds. The summed E-state index contributed by atoms with van der Waals surface area (Å²) in [5.74, 6) is 0.748. The Labute approximate surface area is 176 Å². The molecule has 9 heteroatoms. The molecule has 0 spiro atoms. The van der Waals surface area contributed by atoms with Gasteiger partial charge in [-0.3, -0.25) is 4.79 Å². The maximum Gasteiger partial charge on any atom is 0.270 e. The molecule has 1 aliphatic carbocycles. The molecule has 0 aromatic carbocycles. The van der Waals surface area contributed by atoms with Crippen molar-refractivity contribution >= 4 is 11.6 Å². The highest BCUT2D eigenvalue weighted by Gasteiger charge is 2.38. The van der Waals surface area contributed by atoms with E-state index in [1.54, 1.807) is 13.2 Å². The zero-order valence-corrected chi connectivity index (χ0v) is 17.8. The fraction of sp³-hybridized carbons (Fsp3) is 0.714. The lowest BCUT2D eigenvalue weighted by molar-refractivity contribution is 0.0475. The number of nitrogens with one attached hydrogen (secondary N) is 1. The number of aromatic nitrogens is 1. The maximum atomic E-state index is 12.6. The minimum absolute atomic E-state index is 0.0966. The van der Waals surface area contributed by atoms with E-state index in [1.807, 2.05) is 19.9 Å². The van der Waals surface area contributed by atoms with E-state index in [0.717, 1.165) is 25.2 Å². The Bertz CT molecular complexity index is 714. The average molecular weight is 426 g/mol. The van der Waals surface area contributed by atoms with Crippen LogP contribution in [0.25, 0.3) is 0 Å². The van der Waals surface area contributed by atoms with Gasteiger partial charge in [0, 0.05) is 20.2 Å². The lowest BCUT2D eigenvalue weighted by Gasteiger charge is -2.40. The highest BCUT2D eigenvalue weighted by Crippen LogP contribution is 2.40. The Hall–Kier alpha value is -1.97. The third-order valence-electron chi connectivity index (χ3n) is 5.83. The van der Waals surface area contributed by atoms with Gasteiger partial charge >= 0.3 is 0 Å². The molecule has 1 aromatic rings. The number of halogens is 1. The molecule has 1 saturated heterocycles. The van der Waals surface area contributed by atoms with Crippen LogP contribution in [0.15, 0.2) is 12.1 Å². The molecule has 2 fully saturated rings. The molecule has 2 N–H and O–H groups in total. The molecule has 0 radical (unpaired) electrons. The number of anilines is 1. The van der Waals surface area contributed by atoms with Gasteiger partial charge in [-0.25, -0.2) is 9.37 Å². The first kappa shape index (κ1) is 22.7. The minimum atomic E-state index is -0.770. The summed E-state index contributed by atoms with van der Waals surface area (Å²) in [6.45, 7) is 5.26. The van der Waals surface area contributed by atoms with E-state index in [-0.39, 0.29) is 36.3 Å². The van der Waals surface area contributed by atoms with E-state index in [9.17, 15) is 14.3 Å². The Morgan fingerprint density at radius 3 is 2.70 bits per heavy atom. The molecule has 3 atom stereocenters. The Balaban J connectivity index is 1.68. The van der Waals surface area contributed by atoms with Crippen molar-refractivity contribution in [2.24, 2.45) is 17.8 Å². The molecule has 2 heterocycles. The minimum Gasteiger partial charge on any atom is -0.476 e. The number of aliphatic hydroxyl groups is 1. The zero-order valence-electron chi connectivity index (χ0n) is 17.8. The Kier molecular flexibility index (Phi) is 7.85. The van der Waals surface area contributed by atoms with E-state index in [1.165, 1.54) is 0 Å². The van der Waals surface area contributed by atoms with Gasteiger partial charge in [0.25, 0.3) is 5.91 Å². The first-order valence-electron chi connectivity index (χ1n) is 10.4. The fourth-order valence-electron chi connectivity index (χ4n) is 3.46. The van der Waals surface area contributed by atoms with Gasteiger partial charge in [-0.1, -0.05) is 13.8 Å². The molecule has 2 aliphatic rings. The topological polar surface area (TPSA) is 93.2 Å². The first-order chi connectivity index (χ1) is 14.5. The van der Waals surface area contributed by atoms with Crippen molar-refractivity contribution in [3.8, 4) is 5.88 Å². The van der Waals surface area contributed by atoms with Gasteiger partial charge in [-0.2, -0.15) is 0 Å². The van der Waals surface area contributed by atoms with Crippen molar-refractivity contribution in [1.82, 2.24) is 10.3 Å². The second kappa shape index (κ2) is 10.4. The van der Waals surface area contributed by atoms with Crippen molar-refractivity contribution in [2.45, 2.75) is 32.4 Å². The summed E-state index contributed by atoms with van der Waals surface area (Å²) in [7, 11) is 1.68. The second-order valence-electron chi connectivity index (χ2n) is 8.34. The van der Waals surface area contributed by atoms with Crippen LogP contribution < -0.4 is 15.0 Å². The van der Waals surface area contributed by atoms with E-state index < -0.39 is 6.86 Å². The van der Waals surface area contributed by atoms with Gasteiger partial charge in [-0.15, -0.1) is 0 Å². The smallest absolute Gasteiger partial charge is 0.270 e. The fourth-order valence-corrected chi connectivity index (χ4v) is 3.46. The van der Waals surface area contributed by atoms with Crippen LogP contribution in [0.5, 0.6) is 5.88 Å². The van der Waals surface area contributed by atoms with Crippen LogP contribution in [-0.2, 0) is 9.47 Å². The quantitative estimate of drug-likeness (QED) is 0.526. The molecule has 1 aromatic heterocycles. The normalized spacial score (nSPS) is 22.0. The van der Waals surface area contributed by atoms with Crippen molar-refractivity contribution in [1.29, 1.82) is 0 Å². The molecule has 1 aliphatic heterocycles. The molecule has 3 rings (SSSR count). The monoisotopic (exact) mass is 425 g/mol. The summed E-state index contributed by atoms with van der Waals surface area (Å²) in [4.78, 5) is 19.2.